The van der Waals surface area contributed by atoms with Crippen molar-refractivity contribution in [3.63, 3.8) is 0 Å². The topological polar surface area (TPSA) is 42.2 Å². The predicted octanol–water partition coefficient (Wildman–Crippen LogP) is 2.45. The summed E-state index contributed by atoms with van der Waals surface area (Å²) in [6.07, 6.45) is 3.82. The van der Waals surface area contributed by atoms with Gasteiger partial charge in [-0.15, -0.1) is 0 Å². The summed E-state index contributed by atoms with van der Waals surface area (Å²) in [5.41, 5.74) is 1.47. The van der Waals surface area contributed by atoms with E-state index in [1.807, 2.05) is 0 Å². The van der Waals surface area contributed by atoms with Crippen LogP contribution in [0.3, 0.4) is 0 Å². The predicted molar refractivity (Wildman–Crippen MR) is 68.0 cm³/mol. The monoisotopic (exact) mass is 243 g/mol. The molecule has 3 rings (SSSR count). The van der Waals surface area contributed by atoms with Gasteiger partial charge in [-0.2, -0.15) is 4.98 Å². The Morgan fingerprint density at radius 1 is 1.17 bits per heavy atom. The molecule has 0 saturated carbocycles. The maximum absolute atomic E-state index is 4.76. The quantitative estimate of drug-likeness (QED) is 0.830. The molecule has 1 saturated heterocycles. The minimum atomic E-state index is 0.702. The first kappa shape index (κ1) is 11.4. The maximum atomic E-state index is 4.76. The minimum absolute atomic E-state index is 0.702. The highest BCUT2D eigenvalue weighted by Crippen LogP contribution is 2.27. The molecule has 4 nitrogen and oxygen atoms in total. The lowest BCUT2D eigenvalue weighted by molar-refractivity contribution is 0.198. The van der Waals surface area contributed by atoms with Gasteiger partial charge in [0, 0.05) is 0 Å². The molecule has 0 spiro atoms. The molecule has 0 N–H and O–H groups in total. The second-order valence-electron chi connectivity index (χ2n) is 4.81. The van der Waals surface area contributed by atoms with E-state index >= 15 is 0 Å². The first-order chi connectivity index (χ1) is 8.92. The van der Waals surface area contributed by atoms with Crippen molar-refractivity contribution in [2.24, 2.45) is 0 Å². The summed E-state index contributed by atoms with van der Waals surface area (Å²) >= 11 is 0. The highest BCUT2D eigenvalue weighted by Gasteiger charge is 2.21. The standard InChI is InChI=1S/C14H17N3O/c1-2-4-12(5-3-1)13-6-8-17(9-7-13)10-14-15-11-18-16-14/h1-5,11,13H,6-10H2. The minimum Gasteiger partial charge on any atom is -0.343 e. The first-order valence-electron chi connectivity index (χ1n) is 6.44. The van der Waals surface area contributed by atoms with Crippen LogP contribution in [0.4, 0.5) is 0 Å². The first-order valence-corrected chi connectivity index (χ1v) is 6.44. The third kappa shape index (κ3) is 2.59. The Morgan fingerprint density at radius 3 is 2.61 bits per heavy atom. The highest BCUT2D eigenvalue weighted by molar-refractivity contribution is 5.20. The van der Waals surface area contributed by atoms with Crippen molar-refractivity contribution in [2.75, 3.05) is 13.1 Å². The van der Waals surface area contributed by atoms with E-state index in [0.29, 0.717) is 5.92 Å². The molecule has 1 aromatic carbocycles. The lowest BCUT2D eigenvalue weighted by atomic mass is 9.89. The summed E-state index contributed by atoms with van der Waals surface area (Å²) < 4.78 is 4.76. The number of hydrogen-bond acceptors (Lipinski definition) is 4. The summed E-state index contributed by atoms with van der Waals surface area (Å²) in [5, 5.41) is 3.86. The van der Waals surface area contributed by atoms with Crippen LogP contribution >= 0.6 is 0 Å². The van der Waals surface area contributed by atoms with Crippen LogP contribution in [-0.2, 0) is 6.54 Å². The average molecular weight is 243 g/mol. The Kier molecular flexibility index (Phi) is 3.37. The van der Waals surface area contributed by atoms with Crippen LogP contribution in [-0.4, -0.2) is 28.1 Å². The molecular formula is C14H17N3O. The summed E-state index contributed by atoms with van der Waals surface area (Å²) in [6, 6.07) is 10.8. The zero-order valence-corrected chi connectivity index (χ0v) is 10.3. The molecule has 4 heteroatoms. The van der Waals surface area contributed by atoms with Crippen molar-refractivity contribution in [3.05, 3.63) is 48.1 Å². The van der Waals surface area contributed by atoms with Gasteiger partial charge in [-0.05, 0) is 37.4 Å². The Morgan fingerprint density at radius 2 is 1.94 bits per heavy atom. The van der Waals surface area contributed by atoms with Gasteiger partial charge in [0.25, 0.3) is 0 Å². The molecule has 1 fully saturated rings. The number of benzene rings is 1. The normalized spacial score (nSPS) is 18.0. The van der Waals surface area contributed by atoms with Gasteiger partial charge in [0.05, 0.1) is 6.54 Å². The average Bonchev–Trinajstić information content (AvgIpc) is 2.94. The van der Waals surface area contributed by atoms with Crippen LogP contribution < -0.4 is 0 Å². The molecule has 0 bridgehead atoms. The van der Waals surface area contributed by atoms with Crippen LogP contribution in [0.2, 0.25) is 0 Å². The van der Waals surface area contributed by atoms with Gasteiger partial charge in [0.1, 0.15) is 0 Å². The molecule has 0 unspecified atom stereocenters. The molecule has 2 aromatic rings. The van der Waals surface area contributed by atoms with E-state index in [9.17, 15) is 0 Å². The van der Waals surface area contributed by atoms with Gasteiger partial charge in [-0.1, -0.05) is 35.5 Å². The molecular weight excluding hydrogens is 226 g/mol. The zero-order chi connectivity index (χ0) is 12.2. The highest BCUT2D eigenvalue weighted by atomic mass is 16.5. The van der Waals surface area contributed by atoms with Crippen LogP contribution in [0.15, 0.2) is 41.2 Å². The van der Waals surface area contributed by atoms with Crippen LogP contribution in [0.1, 0.15) is 30.1 Å². The van der Waals surface area contributed by atoms with E-state index < -0.39 is 0 Å². The van der Waals surface area contributed by atoms with Crippen molar-refractivity contribution in [1.29, 1.82) is 0 Å². The van der Waals surface area contributed by atoms with Crippen molar-refractivity contribution in [1.82, 2.24) is 15.0 Å². The molecule has 0 radical (unpaired) electrons. The lowest BCUT2D eigenvalue weighted by Crippen LogP contribution is -2.32. The number of hydrogen-bond donors (Lipinski definition) is 0. The van der Waals surface area contributed by atoms with E-state index in [2.05, 4.69) is 45.4 Å². The fourth-order valence-corrected chi connectivity index (χ4v) is 2.61. The molecule has 2 heterocycles. The number of aromatic nitrogens is 2. The maximum Gasteiger partial charge on any atom is 0.213 e. The summed E-state index contributed by atoms with van der Waals surface area (Å²) in [7, 11) is 0. The van der Waals surface area contributed by atoms with E-state index in [0.717, 1.165) is 25.5 Å². The van der Waals surface area contributed by atoms with Gasteiger partial charge < -0.3 is 4.52 Å². The fourth-order valence-electron chi connectivity index (χ4n) is 2.61. The van der Waals surface area contributed by atoms with Crippen LogP contribution in [0.25, 0.3) is 0 Å². The SMILES string of the molecule is c1ccc(C2CCN(Cc3ncon3)CC2)cc1. The number of likely N-dealkylation sites (tertiary alicyclic amines) is 1. The molecule has 0 aliphatic carbocycles. The smallest absolute Gasteiger partial charge is 0.213 e. The Hall–Kier alpha value is -1.68. The summed E-state index contributed by atoms with van der Waals surface area (Å²) in [4.78, 5) is 6.46. The number of nitrogens with zero attached hydrogens (tertiary/aromatic N) is 3. The second kappa shape index (κ2) is 5.31. The molecule has 94 valence electrons. The van der Waals surface area contributed by atoms with E-state index in [1.54, 1.807) is 0 Å². The van der Waals surface area contributed by atoms with Crippen molar-refractivity contribution >= 4 is 0 Å². The van der Waals surface area contributed by atoms with Gasteiger partial charge in [0.15, 0.2) is 5.82 Å². The van der Waals surface area contributed by atoms with Crippen molar-refractivity contribution < 1.29 is 4.52 Å². The van der Waals surface area contributed by atoms with Crippen LogP contribution in [0.5, 0.6) is 0 Å². The van der Waals surface area contributed by atoms with Crippen LogP contribution in [0, 0.1) is 0 Å². The zero-order valence-electron chi connectivity index (χ0n) is 10.3. The number of rotatable bonds is 3. The van der Waals surface area contributed by atoms with Gasteiger partial charge in [0.2, 0.25) is 6.39 Å². The molecule has 18 heavy (non-hydrogen) atoms. The Balaban J connectivity index is 1.55. The van der Waals surface area contributed by atoms with Gasteiger partial charge >= 0.3 is 0 Å². The van der Waals surface area contributed by atoms with Crippen molar-refractivity contribution in [2.45, 2.75) is 25.3 Å². The van der Waals surface area contributed by atoms with E-state index in [4.69, 9.17) is 4.52 Å². The number of piperidine rings is 1. The van der Waals surface area contributed by atoms with Gasteiger partial charge in [-0.3, -0.25) is 4.90 Å². The Bertz CT molecular complexity index is 461. The summed E-state index contributed by atoms with van der Waals surface area (Å²) in [5.74, 6) is 1.49. The lowest BCUT2D eigenvalue weighted by Gasteiger charge is -2.31. The van der Waals surface area contributed by atoms with Gasteiger partial charge in [-0.25, -0.2) is 0 Å². The van der Waals surface area contributed by atoms with Crippen molar-refractivity contribution in [3.8, 4) is 0 Å². The third-order valence-electron chi connectivity index (χ3n) is 3.63. The van der Waals surface area contributed by atoms with E-state index in [-0.39, 0.29) is 0 Å². The molecule has 0 atom stereocenters. The largest absolute Gasteiger partial charge is 0.343 e. The molecule has 1 aliphatic rings. The third-order valence-corrected chi connectivity index (χ3v) is 3.63. The van der Waals surface area contributed by atoms with E-state index in [1.165, 1.54) is 24.8 Å². The molecule has 1 aromatic heterocycles. The summed E-state index contributed by atoms with van der Waals surface area (Å²) in [6.45, 7) is 3.01. The Labute approximate surface area is 107 Å². The fraction of sp³-hybridized carbons (Fsp3) is 0.429. The second-order valence-corrected chi connectivity index (χ2v) is 4.81. The molecule has 0 amide bonds. The molecule has 1 aliphatic heterocycles.